The van der Waals surface area contributed by atoms with Gasteiger partial charge in [0.1, 0.15) is 10.8 Å². The van der Waals surface area contributed by atoms with Crippen LogP contribution in [0.15, 0.2) is 95.9 Å². The minimum absolute atomic E-state index is 0.0352. The summed E-state index contributed by atoms with van der Waals surface area (Å²) in [6.07, 6.45) is 0. The number of hydrogen-bond acceptors (Lipinski definition) is 5. The number of halogens is 1. The third kappa shape index (κ3) is 5.31. The Morgan fingerprint density at radius 1 is 0.829 bits per heavy atom. The number of nitrogens with zero attached hydrogens (tertiary/aromatic N) is 1. The summed E-state index contributed by atoms with van der Waals surface area (Å²) in [5.74, 6) is -0.332. The summed E-state index contributed by atoms with van der Waals surface area (Å²) >= 11 is 1.45. The average molecular weight is 505 g/mol. The molecule has 0 amide bonds. The lowest BCUT2D eigenvalue weighted by atomic mass is 10.1. The molecule has 0 unspecified atom stereocenters. The molecule has 1 aromatic heterocycles. The molecule has 0 atom stereocenters. The molecule has 35 heavy (non-hydrogen) atoms. The Balaban J connectivity index is 1.41. The number of hydrogen-bond donors (Lipinski definition) is 1. The van der Waals surface area contributed by atoms with E-state index in [9.17, 15) is 12.8 Å². The van der Waals surface area contributed by atoms with Gasteiger partial charge in [-0.2, -0.15) is 0 Å². The first-order valence-electron chi connectivity index (χ1n) is 10.8. The first kappa shape index (κ1) is 23.3. The van der Waals surface area contributed by atoms with E-state index in [1.54, 1.807) is 24.3 Å². The highest BCUT2D eigenvalue weighted by Crippen LogP contribution is 2.37. The lowest BCUT2D eigenvalue weighted by Gasteiger charge is -2.04. The van der Waals surface area contributed by atoms with Gasteiger partial charge in [-0.25, -0.2) is 22.9 Å². The number of fused-ring (bicyclic) bond motifs is 1. The molecule has 5 nitrogen and oxygen atoms in total. The van der Waals surface area contributed by atoms with Crippen LogP contribution in [0.2, 0.25) is 0 Å². The van der Waals surface area contributed by atoms with Crippen molar-refractivity contribution >= 4 is 32.1 Å². The van der Waals surface area contributed by atoms with Crippen molar-refractivity contribution in [3.8, 4) is 21.7 Å². The summed E-state index contributed by atoms with van der Waals surface area (Å²) in [4.78, 5) is 5.64. The fraction of sp³-hybridized carbons (Fsp3) is 0.0741. The number of sulfonamides is 1. The molecule has 0 aliphatic carbocycles. The van der Waals surface area contributed by atoms with Crippen molar-refractivity contribution in [3.63, 3.8) is 0 Å². The fourth-order valence-electron chi connectivity index (χ4n) is 3.81. The van der Waals surface area contributed by atoms with Crippen molar-refractivity contribution < 1.29 is 17.5 Å². The van der Waals surface area contributed by atoms with Gasteiger partial charge in [-0.1, -0.05) is 48.5 Å². The predicted octanol–water partition coefficient (Wildman–Crippen LogP) is 6.13. The summed E-state index contributed by atoms with van der Waals surface area (Å²) in [6, 6.07) is 26.8. The molecule has 2 N–H and O–H groups in total. The van der Waals surface area contributed by atoms with Gasteiger partial charge < -0.3 is 4.74 Å². The van der Waals surface area contributed by atoms with Crippen LogP contribution in [0.3, 0.4) is 0 Å². The minimum atomic E-state index is -3.79. The molecule has 0 saturated carbocycles. The van der Waals surface area contributed by atoms with Crippen LogP contribution in [0.4, 0.5) is 4.39 Å². The van der Waals surface area contributed by atoms with Gasteiger partial charge in [0.25, 0.3) is 0 Å². The van der Waals surface area contributed by atoms with Gasteiger partial charge in [0.05, 0.1) is 28.7 Å². The Hall–Kier alpha value is -3.43. The SMILES string of the molecule is NS(=O)(=O)c1ccc(-c2sc(COCc3ccc4ccccc4c3)nc2-c2ccc(F)cc2)cc1. The van der Waals surface area contributed by atoms with Crippen LogP contribution in [0, 0.1) is 5.82 Å². The van der Waals surface area contributed by atoms with Gasteiger partial charge in [0, 0.05) is 5.56 Å². The maximum atomic E-state index is 13.5. The lowest BCUT2D eigenvalue weighted by molar-refractivity contribution is 0.107. The third-order valence-corrected chi connectivity index (χ3v) is 7.55. The number of nitrogens with two attached hydrogens (primary N) is 1. The number of ether oxygens (including phenoxy) is 1. The van der Waals surface area contributed by atoms with E-state index < -0.39 is 10.0 Å². The molecule has 1 heterocycles. The monoisotopic (exact) mass is 504 g/mol. The number of primary sulfonamides is 1. The van der Waals surface area contributed by atoms with Crippen LogP contribution < -0.4 is 5.14 Å². The quantitative estimate of drug-likeness (QED) is 0.289. The molecule has 0 bridgehead atoms. The van der Waals surface area contributed by atoms with Gasteiger partial charge in [-0.15, -0.1) is 11.3 Å². The van der Waals surface area contributed by atoms with Crippen LogP contribution in [-0.4, -0.2) is 13.4 Å². The predicted molar refractivity (Wildman–Crippen MR) is 137 cm³/mol. The molecule has 176 valence electrons. The highest BCUT2D eigenvalue weighted by Gasteiger charge is 2.17. The molecule has 5 rings (SSSR count). The third-order valence-electron chi connectivity index (χ3n) is 5.54. The first-order chi connectivity index (χ1) is 16.9. The molecule has 0 spiro atoms. The van der Waals surface area contributed by atoms with Crippen LogP contribution >= 0.6 is 11.3 Å². The van der Waals surface area contributed by atoms with Gasteiger partial charge in [-0.3, -0.25) is 0 Å². The van der Waals surface area contributed by atoms with Crippen molar-refractivity contribution in [3.05, 3.63) is 107 Å². The molecule has 0 aliphatic heterocycles. The summed E-state index contributed by atoms with van der Waals surface area (Å²) in [5.41, 5.74) is 3.30. The first-order valence-corrected chi connectivity index (χ1v) is 13.2. The van der Waals surface area contributed by atoms with Crippen molar-refractivity contribution in [2.75, 3.05) is 0 Å². The van der Waals surface area contributed by atoms with Crippen molar-refractivity contribution in [2.45, 2.75) is 18.1 Å². The molecular formula is C27H21FN2O3S2. The highest BCUT2D eigenvalue weighted by molar-refractivity contribution is 7.89. The van der Waals surface area contributed by atoms with Crippen molar-refractivity contribution in [1.82, 2.24) is 4.98 Å². The Morgan fingerprint density at radius 2 is 1.51 bits per heavy atom. The fourth-order valence-corrected chi connectivity index (χ4v) is 5.35. The standard InChI is InChI=1S/C27H21FN2O3S2/c28-23-11-7-20(8-12-23)26-27(21-9-13-24(14-10-21)35(29,31)32)34-25(30-26)17-33-16-18-5-6-19-3-1-2-4-22(19)15-18/h1-15H,16-17H2,(H2,29,31,32). The van der Waals surface area contributed by atoms with Crippen LogP contribution in [0.1, 0.15) is 10.6 Å². The maximum absolute atomic E-state index is 13.5. The van der Waals surface area contributed by atoms with E-state index in [0.29, 0.717) is 18.9 Å². The second kappa shape index (κ2) is 9.67. The number of rotatable bonds is 7. The molecule has 8 heteroatoms. The van der Waals surface area contributed by atoms with Crippen molar-refractivity contribution in [2.24, 2.45) is 5.14 Å². The zero-order valence-corrected chi connectivity index (χ0v) is 20.2. The van der Waals surface area contributed by atoms with Crippen LogP contribution in [-0.2, 0) is 28.0 Å². The van der Waals surface area contributed by atoms with E-state index in [0.717, 1.165) is 32.0 Å². The van der Waals surface area contributed by atoms with Crippen LogP contribution in [0.5, 0.6) is 0 Å². The summed E-state index contributed by atoms with van der Waals surface area (Å²) in [7, 11) is -3.79. The Labute approximate surface area is 206 Å². The van der Waals surface area contributed by atoms with E-state index in [-0.39, 0.29) is 10.7 Å². The Morgan fingerprint density at radius 3 is 2.23 bits per heavy atom. The smallest absolute Gasteiger partial charge is 0.238 e. The second-order valence-electron chi connectivity index (χ2n) is 8.04. The van der Waals surface area contributed by atoms with Crippen molar-refractivity contribution in [1.29, 1.82) is 0 Å². The average Bonchev–Trinajstić information content (AvgIpc) is 3.28. The second-order valence-corrected chi connectivity index (χ2v) is 10.7. The van der Waals surface area contributed by atoms with E-state index in [1.165, 1.54) is 41.0 Å². The molecular weight excluding hydrogens is 483 g/mol. The Bertz CT molecular complexity index is 1600. The van der Waals surface area contributed by atoms with Gasteiger partial charge >= 0.3 is 0 Å². The maximum Gasteiger partial charge on any atom is 0.238 e. The number of aromatic nitrogens is 1. The largest absolute Gasteiger partial charge is 0.370 e. The molecule has 0 fully saturated rings. The van der Waals surface area contributed by atoms with E-state index >= 15 is 0 Å². The Kier molecular flexibility index (Phi) is 6.44. The number of benzene rings is 4. The minimum Gasteiger partial charge on any atom is -0.370 e. The topological polar surface area (TPSA) is 82.3 Å². The van der Waals surface area contributed by atoms with Gasteiger partial charge in [0.2, 0.25) is 10.0 Å². The summed E-state index contributed by atoms with van der Waals surface area (Å²) < 4.78 is 42.7. The zero-order valence-electron chi connectivity index (χ0n) is 18.5. The van der Waals surface area contributed by atoms with Gasteiger partial charge in [0.15, 0.2) is 0 Å². The summed E-state index contributed by atoms with van der Waals surface area (Å²) in [6.45, 7) is 0.746. The van der Waals surface area contributed by atoms with E-state index in [2.05, 4.69) is 24.3 Å². The van der Waals surface area contributed by atoms with E-state index in [1.807, 2.05) is 18.2 Å². The molecule has 0 radical (unpaired) electrons. The normalized spacial score (nSPS) is 11.7. The molecule has 0 saturated heterocycles. The summed E-state index contributed by atoms with van der Waals surface area (Å²) in [5, 5.41) is 8.33. The van der Waals surface area contributed by atoms with E-state index in [4.69, 9.17) is 14.9 Å². The molecule has 0 aliphatic rings. The number of thiazole rings is 1. The van der Waals surface area contributed by atoms with Crippen LogP contribution in [0.25, 0.3) is 32.5 Å². The lowest BCUT2D eigenvalue weighted by Crippen LogP contribution is -2.11. The molecule has 5 aromatic rings. The van der Waals surface area contributed by atoms with Gasteiger partial charge in [-0.05, 0) is 64.4 Å². The highest BCUT2D eigenvalue weighted by atomic mass is 32.2. The molecule has 4 aromatic carbocycles. The zero-order chi connectivity index (χ0) is 24.4.